The zero-order chi connectivity index (χ0) is 50.7. The van der Waals surface area contributed by atoms with Gasteiger partial charge in [0, 0.05) is 19.3 Å². The molecule has 0 N–H and O–H groups in total. The molecule has 1 unspecified atom stereocenters. The summed E-state index contributed by atoms with van der Waals surface area (Å²) in [5.41, 5.74) is 0. The summed E-state index contributed by atoms with van der Waals surface area (Å²) < 4.78 is 16.9. The second-order valence-corrected chi connectivity index (χ2v) is 19.9. The topological polar surface area (TPSA) is 78.9 Å². The van der Waals surface area contributed by atoms with Crippen LogP contribution >= 0.6 is 0 Å². The van der Waals surface area contributed by atoms with Gasteiger partial charge in [0.2, 0.25) is 0 Å². The van der Waals surface area contributed by atoms with E-state index in [1.165, 1.54) is 154 Å². The molecule has 70 heavy (non-hydrogen) atoms. The van der Waals surface area contributed by atoms with Crippen molar-refractivity contribution in [3.63, 3.8) is 0 Å². The molecule has 0 saturated carbocycles. The number of rotatable bonds is 54. The lowest BCUT2D eigenvalue weighted by Crippen LogP contribution is -2.30. The van der Waals surface area contributed by atoms with Gasteiger partial charge in [-0.2, -0.15) is 0 Å². The Labute approximate surface area is 433 Å². The highest BCUT2D eigenvalue weighted by Gasteiger charge is 2.19. The standard InChI is InChI=1S/C64H112O6/c1-4-7-10-13-16-19-22-25-27-29-30-31-32-33-34-36-37-39-42-45-48-51-54-57-63(66)69-60-61(59-68-62(65)56-53-50-47-44-41-24-21-18-15-12-9-6-3)70-64(67)58-55-52-49-46-43-40-38-35-28-26-23-20-17-14-11-8-5-2/h8,11,17,20,22,25-26,28-30,32-33,61H,4-7,9-10,12-16,18-19,21,23-24,27,31,34-60H2,1-3H3/b11-8-,20-17-,25-22-,28-26-,30-29-,33-32-. The second-order valence-electron chi connectivity index (χ2n) is 19.9. The highest BCUT2D eigenvalue weighted by Crippen LogP contribution is 2.16. The number of hydrogen-bond acceptors (Lipinski definition) is 6. The van der Waals surface area contributed by atoms with Gasteiger partial charge in [0.1, 0.15) is 13.2 Å². The third kappa shape index (κ3) is 55.8. The minimum atomic E-state index is -0.783. The van der Waals surface area contributed by atoms with Crippen molar-refractivity contribution in [3.8, 4) is 0 Å². The van der Waals surface area contributed by atoms with Crippen LogP contribution in [0.25, 0.3) is 0 Å². The zero-order valence-electron chi connectivity index (χ0n) is 46.3. The Morgan fingerprint density at radius 1 is 0.300 bits per heavy atom. The molecule has 6 nitrogen and oxygen atoms in total. The number of allylic oxidation sites excluding steroid dienone is 12. The molecule has 0 heterocycles. The fraction of sp³-hybridized carbons (Fsp3) is 0.766. The van der Waals surface area contributed by atoms with E-state index < -0.39 is 6.10 Å². The van der Waals surface area contributed by atoms with Crippen LogP contribution in [0.2, 0.25) is 0 Å². The highest BCUT2D eigenvalue weighted by molar-refractivity contribution is 5.71. The SMILES string of the molecule is CC/C=C\C/C=C\C/C=C\CCCCCCCCCC(=O)OC(COC(=O)CCCCCCCCCC/C=C\C/C=C\C/C=C\CCCCCCC)COC(=O)CCCCCCCCCCCCCC. The van der Waals surface area contributed by atoms with Gasteiger partial charge in [-0.3, -0.25) is 14.4 Å². The van der Waals surface area contributed by atoms with Crippen molar-refractivity contribution in [1.29, 1.82) is 0 Å². The van der Waals surface area contributed by atoms with Gasteiger partial charge >= 0.3 is 17.9 Å². The van der Waals surface area contributed by atoms with Crippen LogP contribution in [0.5, 0.6) is 0 Å². The van der Waals surface area contributed by atoms with Crippen LogP contribution in [0, 0.1) is 0 Å². The van der Waals surface area contributed by atoms with Crippen molar-refractivity contribution >= 4 is 17.9 Å². The number of carbonyl (C=O) groups is 3. The Morgan fingerprint density at radius 2 is 0.557 bits per heavy atom. The van der Waals surface area contributed by atoms with Gasteiger partial charge < -0.3 is 14.2 Å². The van der Waals surface area contributed by atoms with E-state index in [9.17, 15) is 14.4 Å². The van der Waals surface area contributed by atoms with Crippen LogP contribution in [0.1, 0.15) is 297 Å². The number of esters is 3. The summed E-state index contributed by atoms with van der Waals surface area (Å²) in [4.78, 5) is 38.2. The number of carbonyl (C=O) groups excluding carboxylic acids is 3. The Kier molecular flexibility index (Phi) is 55.8. The smallest absolute Gasteiger partial charge is 0.306 e. The molecule has 0 aromatic carbocycles. The van der Waals surface area contributed by atoms with Crippen LogP contribution in [0.15, 0.2) is 72.9 Å². The molecule has 0 saturated heterocycles. The van der Waals surface area contributed by atoms with Crippen molar-refractivity contribution in [3.05, 3.63) is 72.9 Å². The Balaban J connectivity index is 4.33. The molecule has 0 amide bonds. The highest BCUT2D eigenvalue weighted by atomic mass is 16.6. The summed E-state index contributed by atoms with van der Waals surface area (Å²) in [5.74, 6) is -0.887. The summed E-state index contributed by atoms with van der Waals surface area (Å²) in [5, 5.41) is 0. The number of ether oxygens (including phenoxy) is 3. The second kappa shape index (κ2) is 58.4. The van der Waals surface area contributed by atoms with E-state index in [-0.39, 0.29) is 31.1 Å². The number of hydrogen-bond donors (Lipinski definition) is 0. The van der Waals surface area contributed by atoms with Gasteiger partial charge in [0.25, 0.3) is 0 Å². The molecule has 0 aromatic heterocycles. The summed E-state index contributed by atoms with van der Waals surface area (Å²) in [7, 11) is 0. The molecule has 0 radical (unpaired) electrons. The molecule has 0 aliphatic rings. The minimum absolute atomic E-state index is 0.0796. The van der Waals surface area contributed by atoms with Crippen molar-refractivity contribution in [1.82, 2.24) is 0 Å². The summed E-state index contributed by atoms with van der Waals surface area (Å²) in [6.45, 7) is 6.52. The molecule has 6 heteroatoms. The first-order valence-electron chi connectivity index (χ1n) is 29.9. The molecule has 0 fully saturated rings. The van der Waals surface area contributed by atoms with Crippen LogP contribution in [0.3, 0.4) is 0 Å². The molecule has 0 aromatic rings. The molecule has 404 valence electrons. The van der Waals surface area contributed by atoms with Gasteiger partial charge in [0.05, 0.1) is 0 Å². The monoisotopic (exact) mass is 977 g/mol. The fourth-order valence-electron chi connectivity index (χ4n) is 8.47. The Hall–Kier alpha value is -3.15. The third-order valence-corrected chi connectivity index (χ3v) is 12.9. The molecule has 0 bridgehead atoms. The zero-order valence-corrected chi connectivity index (χ0v) is 46.3. The minimum Gasteiger partial charge on any atom is -0.462 e. The molecule has 1 atom stereocenters. The van der Waals surface area contributed by atoms with Crippen LogP contribution in [-0.2, 0) is 28.6 Å². The van der Waals surface area contributed by atoms with E-state index in [0.29, 0.717) is 19.3 Å². The maximum Gasteiger partial charge on any atom is 0.306 e. The Morgan fingerprint density at radius 3 is 0.871 bits per heavy atom. The fourth-order valence-corrected chi connectivity index (χ4v) is 8.47. The Bertz CT molecular complexity index is 1310. The lowest BCUT2D eigenvalue weighted by atomic mass is 10.0. The molecule has 0 aliphatic carbocycles. The van der Waals surface area contributed by atoms with Crippen molar-refractivity contribution in [2.24, 2.45) is 0 Å². The lowest BCUT2D eigenvalue weighted by Gasteiger charge is -2.18. The van der Waals surface area contributed by atoms with Gasteiger partial charge in [-0.1, -0.05) is 261 Å². The van der Waals surface area contributed by atoms with Gasteiger partial charge in [-0.05, 0) is 89.9 Å². The molecular weight excluding hydrogens is 865 g/mol. The van der Waals surface area contributed by atoms with Crippen molar-refractivity contribution in [2.45, 2.75) is 303 Å². The van der Waals surface area contributed by atoms with Crippen LogP contribution < -0.4 is 0 Å². The first-order chi connectivity index (χ1) is 34.5. The largest absolute Gasteiger partial charge is 0.462 e. The first-order valence-corrected chi connectivity index (χ1v) is 29.9. The van der Waals surface area contributed by atoms with E-state index in [1.807, 2.05) is 0 Å². The predicted octanol–water partition coefficient (Wildman–Crippen LogP) is 20.2. The average Bonchev–Trinajstić information content (AvgIpc) is 3.36. The van der Waals surface area contributed by atoms with E-state index >= 15 is 0 Å². The average molecular weight is 978 g/mol. The van der Waals surface area contributed by atoms with Gasteiger partial charge in [0.15, 0.2) is 6.10 Å². The van der Waals surface area contributed by atoms with E-state index in [1.54, 1.807) is 0 Å². The van der Waals surface area contributed by atoms with E-state index in [4.69, 9.17) is 14.2 Å². The van der Waals surface area contributed by atoms with E-state index in [2.05, 4.69) is 93.7 Å². The molecule has 0 rings (SSSR count). The van der Waals surface area contributed by atoms with Gasteiger partial charge in [-0.15, -0.1) is 0 Å². The summed E-state index contributed by atoms with van der Waals surface area (Å²) in [6.07, 6.45) is 74.6. The number of unbranched alkanes of at least 4 members (excludes halogenated alkanes) is 31. The third-order valence-electron chi connectivity index (χ3n) is 12.9. The van der Waals surface area contributed by atoms with Crippen molar-refractivity contribution in [2.75, 3.05) is 13.2 Å². The summed E-state index contributed by atoms with van der Waals surface area (Å²) >= 11 is 0. The van der Waals surface area contributed by atoms with Crippen molar-refractivity contribution < 1.29 is 28.6 Å². The maximum atomic E-state index is 12.9. The van der Waals surface area contributed by atoms with Crippen LogP contribution in [0.4, 0.5) is 0 Å². The predicted molar refractivity (Wildman–Crippen MR) is 302 cm³/mol. The molecular formula is C64H112O6. The van der Waals surface area contributed by atoms with Gasteiger partial charge in [-0.25, -0.2) is 0 Å². The van der Waals surface area contributed by atoms with E-state index in [0.717, 1.165) is 103 Å². The van der Waals surface area contributed by atoms with Crippen LogP contribution in [-0.4, -0.2) is 37.2 Å². The first kappa shape index (κ1) is 66.9. The normalized spacial score (nSPS) is 12.6. The molecule has 0 spiro atoms. The molecule has 0 aliphatic heterocycles. The summed E-state index contributed by atoms with van der Waals surface area (Å²) in [6, 6.07) is 0. The quantitative estimate of drug-likeness (QED) is 0.0261. The maximum absolute atomic E-state index is 12.9. The lowest BCUT2D eigenvalue weighted by molar-refractivity contribution is -0.167.